The number of primary amides is 1. The number of H-pyrrole nitrogens is 1. The first kappa shape index (κ1) is 22.7. The minimum Gasteiger partial charge on any atom is -0.365 e. The molecule has 35 heavy (non-hydrogen) atoms. The summed E-state index contributed by atoms with van der Waals surface area (Å²) in [5.74, 6) is -1.57. The summed E-state index contributed by atoms with van der Waals surface area (Å²) >= 11 is 2.14. The molecule has 0 unspecified atom stereocenters. The highest BCUT2D eigenvalue weighted by Crippen LogP contribution is 2.43. The number of aromatic nitrogens is 3. The molecular weight excluding hydrogens is 499 g/mol. The number of benzene rings is 1. The maximum absolute atomic E-state index is 13.6. The molecule has 5 aromatic rings. The quantitative estimate of drug-likeness (QED) is 0.276. The predicted octanol–water partition coefficient (Wildman–Crippen LogP) is 5.78. The number of nitrogens with one attached hydrogen (secondary N) is 2. The molecule has 4 aromatic heterocycles. The van der Waals surface area contributed by atoms with Gasteiger partial charge in [-0.1, -0.05) is 36.4 Å². The summed E-state index contributed by atoms with van der Waals surface area (Å²) < 4.78 is 40.8. The van der Waals surface area contributed by atoms with Crippen molar-refractivity contribution in [1.82, 2.24) is 15.2 Å². The number of carbonyl (C=O) groups is 2. The summed E-state index contributed by atoms with van der Waals surface area (Å²) in [6, 6.07) is 14.5. The number of nitrogens with zero attached hydrogens (tertiary/aromatic N) is 2. The van der Waals surface area contributed by atoms with Gasteiger partial charge in [0.1, 0.15) is 15.4 Å². The second-order valence-corrected chi connectivity index (χ2v) is 9.31. The van der Waals surface area contributed by atoms with Gasteiger partial charge in [0, 0.05) is 5.39 Å². The molecule has 7 nitrogen and oxygen atoms in total. The molecule has 4 N–H and O–H groups in total. The predicted molar refractivity (Wildman–Crippen MR) is 128 cm³/mol. The Morgan fingerprint density at radius 1 is 1.06 bits per heavy atom. The van der Waals surface area contributed by atoms with Gasteiger partial charge >= 0.3 is 6.18 Å². The third kappa shape index (κ3) is 4.29. The Labute approximate surface area is 203 Å². The smallest absolute Gasteiger partial charge is 0.365 e. The van der Waals surface area contributed by atoms with Crippen LogP contribution in [0.4, 0.5) is 18.9 Å². The molecule has 0 saturated heterocycles. The summed E-state index contributed by atoms with van der Waals surface area (Å²) in [5, 5.41) is 11.5. The summed E-state index contributed by atoms with van der Waals surface area (Å²) in [6.07, 6.45) is -4.72. The SMILES string of the molecule is NC(=O)c1sc2nc(C(F)(F)F)cc(-c3ccccc3)c2c1NC(=O)c1cc(-c2cccs2)[nH]n1. The highest BCUT2D eigenvalue weighted by molar-refractivity contribution is 7.21. The minimum atomic E-state index is -4.72. The normalized spacial score (nSPS) is 11.6. The van der Waals surface area contributed by atoms with Crippen LogP contribution in [0.3, 0.4) is 0 Å². The number of amides is 2. The Hall–Kier alpha value is -4.03. The van der Waals surface area contributed by atoms with Crippen molar-refractivity contribution >= 4 is 50.4 Å². The van der Waals surface area contributed by atoms with Gasteiger partial charge < -0.3 is 11.1 Å². The van der Waals surface area contributed by atoms with Crippen LogP contribution in [0.2, 0.25) is 0 Å². The van der Waals surface area contributed by atoms with Gasteiger partial charge in [-0.05, 0) is 34.7 Å². The molecule has 0 spiro atoms. The maximum atomic E-state index is 13.6. The zero-order valence-corrected chi connectivity index (χ0v) is 19.1. The van der Waals surface area contributed by atoms with Gasteiger partial charge in [0.05, 0.1) is 16.3 Å². The van der Waals surface area contributed by atoms with E-state index in [9.17, 15) is 22.8 Å². The van der Waals surface area contributed by atoms with Crippen LogP contribution < -0.4 is 11.1 Å². The number of rotatable bonds is 5. The minimum absolute atomic E-state index is 0.0109. The average molecular weight is 514 g/mol. The molecule has 12 heteroatoms. The van der Waals surface area contributed by atoms with Crippen LogP contribution in [-0.4, -0.2) is 27.0 Å². The Morgan fingerprint density at radius 3 is 2.49 bits per heavy atom. The van der Waals surface area contributed by atoms with Crippen molar-refractivity contribution < 1.29 is 22.8 Å². The highest BCUT2D eigenvalue weighted by atomic mass is 32.1. The second kappa shape index (κ2) is 8.64. The lowest BCUT2D eigenvalue weighted by Gasteiger charge is -2.12. The molecule has 176 valence electrons. The van der Waals surface area contributed by atoms with Gasteiger partial charge in [-0.3, -0.25) is 14.7 Å². The van der Waals surface area contributed by atoms with Crippen molar-refractivity contribution in [1.29, 1.82) is 0 Å². The fourth-order valence-corrected chi connectivity index (χ4v) is 5.25. The van der Waals surface area contributed by atoms with Crippen LogP contribution in [0.15, 0.2) is 60.0 Å². The molecule has 0 saturated carbocycles. The molecule has 0 bridgehead atoms. The lowest BCUT2D eigenvalue weighted by molar-refractivity contribution is -0.140. The molecule has 0 aliphatic heterocycles. The molecule has 0 atom stereocenters. The Morgan fingerprint density at radius 2 is 1.83 bits per heavy atom. The van der Waals surface area contributed by atoms with E-state index in [2.05, 4.69) is 20.5 Å². The third-order valence-corrected chi connectivity index (χ3v) is 7.10. The maximum Gasteiger partial charge on any atom is 0.433 e. The number of fused-ring (bicyclic) bond motifs is 1. The van der Waals surface area contributed by atoms with E-state index in [4.69, 9.17) is 5.73 Å². The zero-order valence-electron chi connectivity index (χ0n) is 17.5. The van der Waals surface area contributed by atoms with Crippen LogP contribution in [0.25, 0.3) is 31.9 Å². The monoisotopic (exact) mass is 513 g/mol. The van der Waals surface area contributed by atoms with E-state index in [-0.39, 0.29) is 32.0 Å². The number of thiophene rings is 2. The summed E-state index contributed by atoms with van der Waals surface area (Å²) in [4.78, 5) is 29.7. The van der Waals surface area contributed by atoms with E-state index in [1.165, 1.54) is 17.4 Å². The molecule has 0 fully saturated rings. The van der Waals surface area contributed by atoms with Gasteiger partial charge in [-0.15, -0.1) is 22.7 Å². The van der Waals surface area contributed by atoms with Crippen molar-refractivity contribution in [3.8, 4) is 21.7 Å². The van der Waals surface area contributed by atoms with Crippen molar-refractivity contribution in [2.45, 2.75) is 6.18 Å². The van der Waals surface area contributed by atoms with E-state index >= 15 is 0 Å². The van der Waals surface area contributed by atoms with Crippen LogP contribution in [-0.2, 0) is 6.18 Å². The Bertz CT molecular complexity index is 1560. The standard InChI is InChI=1S/C23H14F3N5O2S2/c24-23(25,26)16-9-12(11-5-2-1-3-6-11)17-18(19(20(27)32)35-22(17)28-16)29-21(33)14-10-13(30-31-14)15-7-4-8-34-15/h1-10H,(H2,27,32)(H,29,33)(H,30,31). The van der Waals surface area contributed by atoms with Crippen molar-refractivity contribution in [3.63, 3.8) is 0 Å². The van der Waals surface area contributed by atoms with Crippen LogP contribution in [0.1, 0.15) is 25.9 Å². The molecule has 4 heterocycles. The number of carbonyl (C=O) groups excluding carboxylic acids is 2. The van der Waals surface area contributed by atoms with Gasteiger partial charge in [0.15, 0.2) is 5.69 Å². The zero-order chi connectivity index (χ0) is 24.7. The van der Waals surface area contributed by atoms with Crippen LogP contribution in [0, 0.1) is 0 Å². The first-order valence-electron chi connectivity index (χ1n) is 10.0. The van der Waals surface area contributed by atoms with E-state index in [1.54, 1.807) is 30.3 Å². The topological polar surface area (TPSA) is 114 Å². The number of halogens is 3. The van der Waals surface area contributed by atoms with Crippen LogP contribution in [0.5, 0.6) is 0 Å². The number of nitrogens with two attached hydrogens (primary N) is 1. The first-order valence-corrected chi connectivity index (χ1v) is 11.7. The number of anilines is 1. The largest absolute Gasteiger partial charge is 0.433 e. The Balaban J connectivity index is 1.66. The van der Waals surface area contributed by atoms with E-state index < -0.39 is 23.7 Å². The first-order chi connectivity index (χ1) is 16.7. The van der Waals surface area contributed by atoms with E-state index in [0.29, 0.717) is 22.6 Å². The molecule has 2 amide bonds. The second-order valence-electron chi connectivity index (χ2n) is 7.37. The molecular formula is C23H14F3N5O2S2. The average Bonchev–Trinajstić information content (AvgIpc) is 3.58. The number of hydrogen-bond acceptors (Lipinski definition) is 6. The van der Waals surface area contributed by atoms with Crippen molar-refractivity contribution in [2.24, 2.45) is 5.73 Å². The summed E-state index contributed by atoms with van der Waals surface area (Å²) in [6.45, 7) is 0. The van der Waals surface area contributed by atoms with E-state index in [1.807, 2.05) is 17.5 Å². The number of alkyl halides is 3. The molecule has 1 aromatic carbocycles. The van der Waals surface area contributed by atoms with Gasteiger partial charge in [0.25, 0.3) is 11.8 Å². The lowest BCUT2D eigenvalue weighted by Crippen LogP contribution is -2.17. The van der Waals surface area contributed by atoms with Crippen molar-refractivity contribution in [2.75, 3.05) is 5.32 Å². The van der Waals surface area contributed by atoms with Gasteiger partial charge in [0.2, 0.25) is 0 Å². The molecule has 5 rings (SSSR count). The van der Waals surface area contributed by atoms with Gasteiger partial charge in [-0.2, -0.15) is 18.3 Å². The van der Waals surface area contributed by atoms with E-state index in [0.717, 1.165) is 10.9 Å². The summed E-state index contributed by atoms with van der Waals surface area (Å²) in [7, 11) is 0. The fourth-order valence-electron chi connectivity index (χ4n) is 3.56. The van der Waals surface area contributed by atoms with Crippen LogP contribution >= 0.6 is 22.7 Å². The Kier molecular flexibility index (Phi) is 5.61. The number of aromatic amines is 1. The molecule has 0 aliphatic rings. The number of pyridine rings is 1. The van der Waals surface area contributed by atoms with Crippen molar-refractivity contribution in [3.05, 3.63) is 76.2 Å². The fraction of sp³-hybridized carbons (Fsp3) is 0.0435. The van der Waals surface area contributed by atoms with Gasteiger partial charge in [-0.25, -0.2) is 4.98 Å². The highest BCUT2D eigenvalue weighted by Gasteiger charge is 2.35. The molecule has 0 radical (unpaired) electrons. The third-order valence-electron chi connectivity index (χ3n) is 5.10. The number of hydrogen-bond donors (Lipinski definition) is 3. The molecule has 0 aliphatic carbocycles. The lowest BCUT2D eigenvalue weighted by atomic mass is 10.0. The summed E-state index contributed by atoms with van der Waals surface area (Å²) in [5.41, 5.74) is 5.66.